The summed E-state index contributed by atoms with van der Waals surface area (Å²) in [5.74, 6) is 1.22. The van der Waals surface area contributed by atoms with Crippen molar-refractivity contribution in [2.45, 2.75) is 65.0 Å². The van der Waals surface area contributed by atoms with E-state index in [2.05, 4.69) is 41.3 Å². The monoisotopic (exact) mass is 333 g/mol. The Morgan fingerprint density at radius 2 is 1.96 bits per heavy atom. The molecule has 2 aliphatic rings. The minimum absolute atomic E-state index is 0.0583. The third kappa shape index (κ3) is 3.79. The Balaban J connectivity index is 1.75. The van der Waals surface area contributed by atoms with Crippen molar-refractivity contribution in [2.75, 3.05) is 19.6 Å². The number of hydrogen-bond donors (Lipinski definition) is 1. The molecule has 2 fully saturated rings. The first-order valence-electron chi connectivity index (χ1n) is 9.49. The van der Waals surface area contributed by atoms with E-state index in [1.54, 1.807) is 0 Å². The molecule has 0 radical (unpaired) electrons. The Morgan fingerprint density at radius 3 is 2.67 bits per heavy atom. The first-order chi connectivity index (χ1) is 11.6. The van der Waals surface area contributed by atoms with Crippen LogP contribution < -0.4 is 5.32 Å². The maximum atomic E-state index is 13.1. The zero-order chi connectivity index (χ0) is 17.1. The van der Waals surface area contributed by atoms with Crippen LogP contribution in [0.25, 0.3) is 0 Å². The number of nitrogens with zero attached hydrogens (tertiary/aromatic N) is 4. The van der Waals surface area contributed by atoms with Gasteiger partial charge in [-0.3, -0.25) is 4.79 Å². The van der Waals surface area contributed by atoms with Gasteiger partial charge in [-0.25, -0.2) is 4.68 Å². The van der Waals surface area contributed by atoms with Gasteiger partial charge in [-0.05, 0) is 57.0 Å². The fraction of sp³-hybridized carbons (Fsp3) is 0.833. The van der Waals surface area contributed by atoms with Crippen molar-refractivity contribution in [3.8, 4) is 0 Å². The summed E-state index contributed by atoms with van der Waals surface area (Å²) in [4.78, 5) is 15.1. The van der Waals surface area contributed by atoms with Gasteiger partial charge in [0.2, 0.25) is 0 Å². The number of aromatic nitrogens is 3. The van der Waals surface area contributed by atoms with Crippen LogP contribution in [0.3, 0.4) is 0 Å². The lowest BCUT2D eigenvalue weighted by atomic mass is 9.95. The van der Waals surface area contributed by atoms with Crippen LogP contribution in [0.2, 0.25) is 0 Å². The molecule has 0 unspecified atom stereocenters. The normalized spacial score (nSPS) is 26.6. The fourth-order valence-corrected chi connectivity index (χ4v) is 4.00. The Kier molecular flexibility index (Phi) is 5.54. The second kappa shape index (κ2) is 7.64. The van der Waals surface area contributed by atoms with Crippen LogP contribution in [0.5, 0.6) is 0 Å². The lowest BCUT2D eigenvalue weighted by Gasteiger charge is -2.32. The van der Waals surface area contributed by atoms with Gasteiger partial charge in [0.15, 0.2) is 5.69 Å². The van der Waals surface area contributed by atoms with Gasteiger partial charge in [-0.1, -0.05) is 26.0 Å². The average molecular weight is 333 g/mol. The molecular weight excluding hydrogens is 302 g/mol. The smallest absolute Gasteiger partial charge is 0.276 e. The van der Waals surface area contributed by atoms with E-state index in [0.29, 0.717) is 29.6 Å². The van der Waals surface area contributed by atoms with Crippen molar-refractivity contribution in [1.29, 1.82) is 0 Å². The highest BCUT2D eigenvalue weighted by Gasteiger charge is 2.31. The predicted octanol–water partition coefficient (Wildman–Crippen LogP) is 2.49. The number of carbonyl (C=O) groups excluding carboxylic acids is 1. The Morgan fingerprint density at radius 1 is 1.21 bits per heavy atom. The molecule has 2 saturated heterocycles. The summed E-state index contributed by atoms with van der Waals surface area (Å²) in [6.45, 7) is 9.57. The van der Waals surface area contributed by atoms with Crippen LogP contribution in [0.4, 0.5) is 0 Å². The van der Waals surface area contributed by atoms with Crippen LogP contribution in [0.1, 0.15) is 69.4 Å². The van der Waals surface area contributed by atoms with Crippen LogP contribution in [-0.2, 0) is 0 Å². The number of piperidine rings is 1. The first-order valence-corrected chi connectivity index (χ1v) is 9.49. The number of hydrogen-bond acceptors (Lipinski definition) is 4. The second-order valence-electron chi connectivity index (χ2n) is 7.85. The largest absolute Gasteiger partial charge is 0.334 e. The molecule has 0 bridgehead atoms. The Labute approximate surface area is 145 Å². The second-order valence-corrected chi connectivity index (χ2v) is 7.85. The molecule has 24 heavy (non-hydrogen) atoms. The van der Waals surface area contributed by atoms with Gasteiger partial charge < -0.3 is 10.2 Å². The molecule has 6 heteroatoms. The minimum Gasteiger partial charge on any atom is -0.334 e. The highest BCUT2D eigenvalue weighted by Crippen LogP contribution is 2.27. The third-order valence-electron chi connectivity index (χ3n) is 5.66. The summed E-state index contributed by atoms with van der Waals surface area (Å²) in [7, 11) is 0. The van der Waals surface area contributed by atoms with Gasteiger partial charge in [0.1, 0.15) is 0 Å². The zero-order valence-electron chi connectivity index (χ0n) is 15.2. The van der Waals surface area contributed by atoms with Crippen molar-refractivity contribution in [2.24, 2.45) is 11.8 Å². The molecule has 1 aromatic heterocycles. The highest BCUT2D eigenvalue weighted by atomic mass is 16.2. The van der Waals surface area contributed by atoms with E-state index in [0.717, 1.165) is 45.3 Å². The molecule has 0 aliphatic carbocycles. The summed E-state index contributed by atoms with van der Waals surface area (Å²) < 4.78 is 1.90. The van der Waals surface area contributed by atoms with Crippen molar-refractivity contribution in [1.82, 2.24) is 25.2 Å². The molecule has 3 rings (SSSR count). The van der Waals surface area contributed by atoms with Crippen LogP contribution >= 0.6 is 0 Å². The Bertz CT molecular complexity index is 549. The highest BCUT2D eigenvalue weighted by molar-refractivity contribution is 5.92. The van der Waals surface area contributed by atoms with Crippen molar-refractivity contribution >= 4 is 5.91 Å². The Hall–Kier alpha value is -1.43. The van der Waals surface area contributed by atoms with Crippen LogP contribution in [0.15, 0.2) is 6.20 Å². The summed E-state index contributed by atoms with van der Waals surface area (Å²) >= 11 is 0. The third-order valence-corrected chi connectivity index (χ3v) is 5.66. The van der Waals surface area contributed by atoms with Gasteiger partial charge in [-0.2, -0.15) is 0 Å². The molecule has 2 aliphatic heterocycles. The van der Waals surface area contributed by atoms with E-state index in [9.17, 15) is 4.79 Å². The van der Waals surface area contributed by atoms with E-state index < -0.39 is 0 Å². The van der Waals surface area contributed by atoms with E-state index in [1.165, 1.54) is 6.42 Å². The van der Waals surface area contributed by atoms with E-state index >= 15 is 0 Å². The molecule has 0 spiro atoms. The molecule has 1 aromatic rings. The van der Waals surface area contributed by atoms with E-state index in [1.807, 2.05) is 10.9 Å². The molecule has 0 aromatic carbocycles. The summed E-state index contributed by atoms with van der Waals surface area (Å²) in [6, 6.07) is 0.678. The topological polar surface area (TPSA) is 63.1 Å². The molecule has 1 N–H and O–H groups in total. The van der Waals surface area contributed by atoms with E-state index in [-0.39, 0.29) is 5.91 Å². The average Bonchev–Trinajstić information content (AvgIpc) is 2.99. The molecule has 2 atom stereocenters. The van der Waals surface area contributed by atoms with Crippen molar-refractivity contribution in [3.63, 3.8) is 0 Å². The van der Waals surface area contributed by atoms with E-state index in [4.69, 9.17) is 0 Å². The summed E-state index contributed by atoms with van der Waals surface area (Å²) in [5.41, 5.74) is 0.508. The van der Waals surface area contributed by atoms with Gasteiger partial charge in [0.25, 0.3) is 5.91 Å². The van der Waals surface area contributed by atoms with Gasteiger partial charge in [-0.15, -0.1) is 5.10 Å². The van der Waals surface area contributed by atoms with Crippen molar-refractivity contribution in [3.05, 3.63) is 11.9 Å². The summed E-state index contributed by atoms with van der Waals surface area (Å²) in [6.07, 6.45) is 7.34. The lowest BCUT2D eigenvalue weighted by Crippen LogP contribution is -2.43. The predicted molar refractivity (Wildman–Crippen MR) is 93.8 cm³/mol. The zero-order valence-corrected chi connectivity index (χ0v) is 15.2. The van der Waals surface area contributed by atoms with Crippen molar-refractivity contribution < 1.29 is 4.79 Å². The van der Waals surface area contributed by atoms with Crippen LogP contribution in [-0.4, -0.2) is 51.5 Å². The SMILES string of the molecule is CC(C)[C@H]1CC[C@H](C)CCN1C(=O)c1cn(C2CCNCC2)nn1. The van der Waals surface area contributed by atoms with Gasteiger partial charge >= 0.3 is 0 Å². The molecule has 3 heterocycles. The minimum atomic E-state index is 0.0583. The number of rotatable bonds is 3. The number of likely N-dealkylation sites (tertiary alicyclic amines) is 1. The first kappa shape index (κ1) is 17.4. The number of carbonyl (C=O) groups is 1. The lowest BCUT2D eigenvalue weighted by molar-refractivity contribution is 0.0625. The van der Waals surface area contributed by atoms with Crippen LogP contribution in [0, 0.1) is 11.8 Å². The van der Waals surface area contributed by atoms with Gasteiger partial charge in [0, 0.05) is 12.6 Å². The molecular formula is C18H31N5O. The maximum absolute atomic E-state index is 13.1. The maximum Gasteiger partial charge on any atom is 0.276 e. The fourth-order valence-electron chi connectivity index (χ4n) is 4.00. The quantitative estimate of drug-likeness (QED) is 0.923. The van der Waals surface area contributed by atoms with Gasteiger partial charge in [0.05, 0.1) is 12.2 Å². The number of amides is 1. The molecule has 134 valence electrons. The summed E-state index contributed by atoms with van der Waals surface area (Å²) in [5, 5.41) is 11.8. The molecule has 0 saturated carbocycles. The molecule has 6 nitrogen and oxygen atoms in total. The standard InChI is InChI=1S/C18H31N5O/c1-13(2)17-5-4-14(3)8-11-22(17)18(24)16-12-23(21-20-16)15-6-9-19-10-7-15/h12-15,17,19H,4-11H2,1-3H3/t14-,17+/m0/s1. The number of nitrogens with one attached hydrogen (secondary N) is 1. The molecule has 1 amide bonds.